The van der Waals surface area contributed by atoms with Gasteiger partial charge < -0.3 is 18.5 Å². The lowest BCUT2D eigenvalue weighted by atomic mass is 10.6. The fourth-order valence-electron chi connectivity index (χ4n) is 1.40. The molecule has 0 aliphatic carbocycles. The molecule has 16 heavy (non-hydrogen) atoms. The Morgan fingerprint density at radius 1 is 1.00 bits per heavy atom. The monoisotopic (exact) mass is 249 g/mol. The van der Waals surface area contributed by atoms with Crippen LogP contribution in [0.15, 0.2) is 0 Å². The molecule has 0 aliphatic heterocycles. The molecule has 0 radical (unpaired) electrons. The summed E-state index contributed by atoms with van der Waals surface area (Å²) in [5, 5.41) is 0. The van der Waals surface area contributed by atoms with E-state index in [-0.39, 0.29) is 0 Å². The molecule has 0 N–H and O–H groups in total. The van der Waals surface area contributed by atoms with E-state index in [9.17, 15) is 0 Å². The van der Waals surface area contributed by atoms with Crippen LogP contribution in [0.1, 0.15) is 13.8 Å². The molecular weight excluding hydrogens is 222 g/mol. The first-order chi connectivity index (χ1) is 7.54. The molecule has 0 aromatic carbocycles. The van der Waals surface area contributed by atoms with Gasteiger partial charge in [0.1, 0.15) is 0 Å². The molecule has 0 saturated heterocycles. The molecule has 0 amide bonds. The maximum Gasteiger partial charge on any atom is 0.337 e. The van der Waals surface area contributed by atoms with Crippen molar-refractivity contribution in [3.8, 4) is 0 Å². The van der Waals surface area contributed by atoms with Gasteiger partial charge in [-0.25, -0.2) is 0 Å². The van der Waals surface area contributed by atoms with Crippen LogP contribution in [-0.2, 0) is 13.6 Å². The standard InChI is InChI=1S/C11H27NO3Si/c1-6-14-16(5,15-7-2)11-10-13-9-8-12(3)4/h6-11H2,1-5H3. The van der Waals surface area contributed by atoms with Crippen molar-refractivity contribution in [3.63, 3.8) is 0 Å². The SMILES string of the molecule is CCO[Si](C)(CCOCCN(C)C)OCC. The van der Waals surface area contributed by atoms with E-state index in [1.165, 1.54) is 0 Å². The van der Waals surface area contributed by atoms with E-state index < -0.39 is 8.56 Å². The van der Waals surface area contributed by atoms with Crippen molar-refractivity contribution in [2.24, 2.45) is 0 Å². The number of rotatable bonds is 10. The predicted octanol–water partition coefficient (Wildman–Crippen LogP) is 1.71. The van der Waals surface area contributed by atoms with Crippen LogP contribution >= 0.6 is 0 Å². The third-order valence-electron chi connectivity index (χ3n) is 2.28. The molecule has 0 saturated carbocycles. The van der Waals surface area contributed by atoms with E-state index in [0.29, 0.717) is 0 Å². The average molecular weight is 249 g/mol. The molecule has 0 fully saturated rings. The highest BCUT2D eigenvalue weighted by Gasteiger charge is 2.30. The lowest BCUT2D eigenvalue weighted by Crippen LogP contribution is -2.40. The van der Waals surface area contributed by atoms with Crippen LogP contribution in [0.25, 0.3) is 0 Å². The molecule has 0 atom stereocenters. The second kappa shape index (κ2) is 9.12. The van der Waals surface area contributed by atoms with Gasteiger partial charge in [-0.15, -0.1) is 0 Å². The van der Waals surface area contributed by atoms with Gasteiger partial charge in [0, 0.05) is 32.4 Å². The van der Waals surface area contributed by atoms with Crippen LogP contribution in [0.5, 0.6) is 0 Å². The Morgan fingerprint density at radius 3 is 2.00 bits per heavy atom. The number of hydrogen-bond acceptors (Lipinski definition) is 4. The molecule has 0 aliphatic rings. The third kappa shape index (κ3) is 8.24. The smallest absolute Gasteiger partial charge is 0.337 e. The lowest BCUT2D eigenvalue weighted by Gasteiger charge is -2.25. The van der Waals surface area contributed by atoms with Crippen molar-refractivity contribution < 1.29 is 13.6 Å². The van der Waals surface area contributed by atoms with Crippen molar-refractivity contribution in [2.45, 2.75) is 26.4 Å². The second-order valence-electron chi connectivity index (χ2n) is 4.17. The molecular formula is C11H27NO3Si. The molecule has 0 bridgehead atoms. The number of ether oxygens (including phenoxy) is 1. The fourth-order valence-corrected chi connectivity index (χ4v) is 3.51. The summed E-state index contributed by atoms with van der Waals surface area (Å²) in [4.78, 5) is 2.11. The Hall–Kier alpha value is 0.0569. The molecule has 0 aromatic rings. The summed E-state index contributed by atoms with van der Waals surface area (Å²) in [6.07, 6.45) is 0. The van der Waals surface area contributed by atoms with Crippen molar-refractivity contribution in [1.29, 1.82) is 0 Å². The predicted molar refractivity (Wildman–Crippen MR) is 69.1 cm³/mol. The molecule has 98 valence electrons. The molecule has 0 unspecified atom stereocenters. The lowest BCUT2D eigenvalue weighted by molar-refractivity contribution is 0.115. The highest BCUT2D eigenvalue weighted by Crippen LogP contribution is 2.13. The zero-order valence-electron chi connectivity index (χ0n) is 11.4. The summed E-state index contributed by atoms with van der Waals surface area (Å²) in [6.45, 7) is 10.0. The van der Waals surface area contributed by atoms with Gasteiger partial charge >= 0.3 is 8.56 Å². The Morgan fingerprint density at radius 2 is 1.56 bits per heavy atom. The maximum atomic E-state index is 5.72. The van der Waals surface area contributed by atoms with E-state index in [4.69, 9.17) is 13.6 Å². The molecule has 0 rings (SSSR count). The molecule has 0 spiro atoms. The Kier molecular flexibility index (Phi) is 9.16. The Bertz CT molecular complexity index is 161. The molecule has 0 aromatic heterocycles. The van der Waals surface area contributed by atoms with Crippen LogP contribution in [0.2, 0.25) is 12.6 Å². The topological polar surface area (TPSA) is 30.9 Å². The summed E-state index contributed by atoms with van der Waals surface area (Å²) in [7, 11) is 2.12. The summed E-state index contributed by atoms with van der Waals surface area (Å²) in [5.74, 6) is 0. The number of hydrogen-bond donors (Lipinski definition) is 0. The maximum absolute atomic E-state index is 5.72. The van der Waals surface area contributed by atoms with Gasteiger partial charge in [0.05, 0.1) is 6.61 Å². The van der Waals surface area contributed by atoms with Gasteiger partial charge in [-0.2, -0.15) is 0 Å². The first-order valence-corrected chi connectivity index (χ1v) is 8.56. The van der Waals surface area contributed by atoms with E-state index in [0.717, 1.165) is 39.0 Å². The summed E-state index contributed by atoms with van der Waals surface area (Å²) in [5.41, 5.74) is 0. The minimum Gasteiger partial charge on any atom is -0.395 e. The first kappa shape index (κ1) is 16.1. The number of nitrogens with zero attached hydrogens (tertiary/aromatic N) is 1. The normalized spacial score (nSPS) is 12.4. The van der Waals surface area contributed by atoms with Crippen molar-refractivity contribution in [3.05, 3.63) is 0 Å². The largest absolute Gasteiger partial charge is 0.395 e. The second-order valence-corrected chi connectivity index (χ2v) is 7.51. The quantitative estimate of drug-likeness (QED) is 0.436. The number of likely N-dealkylation sites (N-methyl/N-ethyl adjacent to an activating group) is 1. The van der Waals surface area contributed by atoms with Crippen molar-refractivity contribution in [1.82, 2.24) is 4.90 Å². The Labute approximate surface area is 101 Å². The van der Waals surface area contributed by atoms with Gasteiger partial charge in [0.15, 0.2) is 0 Å². The van der Waals surface area contributed by atoms with Crippen LogP contribution in [0.3, 0.4) is 0 Å². The fraction of sp³-hybridized carbons (Fsp3) is 1.00. The van der Waals surface area contributed by atoms with E-state index in [1.54, 1.807) is 0 Å². The van der Waals surface area contributed by atoms with Crippen molar-refractivity contribution >= 4 is 8.56 Å². The van der Waals surface area contributed by atoms with Crippen LogP contribution in [0, 0.1) is 0 Å². The van der Waals surface area contributed by atoms with Crippen LogP contribution in [0.4, 0.5) is 0 Å². The minimum atomic E-state index is -1.97. The molecule has 0 heterocycles. The van der Waals surface area contributed by atoms with E-state index in [2.05, 4.69) is 11.4 Å². The van der Waals surface area contributed by atoms with Gasteiger partial charge in [-0.3, -0.25) is 0 Å². The van der Waals surface area contributed by atoms with Crippen LogP contribution in [-0.4, -0.2) is 60.5 Å². The third-order valence-corrected chi connectivity index (χ3v) is 5.19. The summed E-state index contributed by atoms with van der Waals surface area (Å²) in [6, 6.07) is 0.905. The molecule has 4 nitrogen and oxygen atoms in total. The van der Waals surface area contributed by atoms with Gasteiger partial charge in [-0.05, 0) is 34.5 Å². The highest BCUT2D eigenvalue weighted by molar-refractivity contribution is 6.66. The van der Waals surface area contributed by atoms with Gasteiger partial charge in [0.25, 0.3) is 0 Å². The summed E-state index contributed by atoms with van der Waals surface area (Å²) < 4.78 is 17.0. The zero-order valence-corrected chi connectivity index (χ0v) is 12.4. The van der Waals surface area contributed by atoms with E-state index >= 15 is 0 Å². The van der Waals surface area contributed by atoms with Crippen molar-refractivity contribution in [2.75, 3.05) is 47.1 Å². The summed E-state index contributed by atoms with van der Waals surface area (Å²) >= 11 is 0. The molecule has 5 heteroatoms. The van der Waals surface area contributed by atoms with E-state index in [1.807, 2.05) is 27.9 Å². The highest BCUT2D eigenvalue weighted by atomic mass is 28.4. The average Bonchev–Trinajstić information content (AvgIpc) is 2.17. The first-order valence-electron chi connectivity index (χ1n) is 6.04. The Balaban J connectivity index is 3.67. The zero-order chi connectivity index (χ0) is 12.4. The van der Waals surface area contributed by atoms with Gasteiger partial charge in [-0.1, -0.05) is 0 Å². The minimum absolute atomic E-state index is 0.723. The van der Waals surface area contributed by atoms with Crippen LogP contribution < -0.4 is 0 Å². The van der Waals surface area contributed by atoms with Gasteiger partial charge in [0.2, 0.25) is 0 Å².